The van der Waals surface area contributed by atoms with Gasteiger partial charge in [0.05, 0.1) is 5.88 Å². The smallest absolute Gasteiger partial charge is 0.262 e. The van der Waals surface area contributed by atoms with Gasteiger partial charge in [-0.2, -0.15) is 9.40 Å². The summed E-state index contributed by atoms with van der Waals surface area (Å²) in [5, 5.41) is 6.80. The fourth-order valence-electron chi connectivity index (χ4n) is 3.31. The van der Waals surface area contributed by atoms with E-state index in [0.29, 0.717) is 30.5 Å². The van der Waals surface area contributed by atoms with Gasteiger partial charge in [-0.3, -0.25) is 5.10 Å². The van der Waals surface area contributed by atoms with E-state index < -0.39 is 10.0 Å². The molecule has 2 aliphatic rings. The van der Waals surface area contributed by atoms with Crippen LogP contribution in [0.15, 0.2) is 5.03 Å². The third kappa shape index (κ3) is 2.10. The predicted octanol–water partition coefficient (Wildman–Crippen LogP) is 1.88. The molecule has 3 rings (SSSR count). The second-order valence-corrected chi connectivity index (χ2v) is 7.66. The molecule has 1 aromatic heterocycles. The summed E-state index contributed by atoms with van der Waals surface area (Å²) in [4.78, 5) is 0. The van der Waals surface area contributed by atoms with Crippen molar-refractivity contribution in [1.29, 1.82) is 0 Å². The van der Waals surface area contributed by atoms with Gasteiger partial charge < -0.3 is 0 Å². The molecule has 0 aromatic carbocycles. The van der Waals surface area contributed by atoms with Crippen molar-refractivity contribution >= 4 is 21.6 Å². The number of alkyl halides is 1. The number of rotatable bonds is 3. The van der Waals surface area contributed by atoms with Crippen LogP contribution in [-0.4, -0.2) is 36.0 Å². The number of H-pyrrole nitrogens is 1. The summed E-state index contributed by atoms with van der Waals surface area (Å²) in [6.07, 6.45) is 3.54. The minimum atomic E-state index is -3.50. The molecule has 1 saturated carbocycles. The zero-order chi connectivity index (χ0) is 13.6. The highest BCUT2D eigenvalue weighted by Crippen LogP contribution is 2.40. The highest BCUT2D eigenvalue weighted by atomic mass is 35.5. The Balaban J connectivity index is 1.91. The number of hydrogen-bond acceptors (Lipinski definition) is 3. The van der Waals surface area contributed by atoms with E-state index in [1.165, 1.54) is 6.42 Å². The van der Waals surface area contributed by atoms with Crippen molar-refractivity contribution in [1.82, 2.24) is 14.5 Å². The summed E-state index contributed by atoms with van der Waals surface area (Å²) in [5.41, 5.74) is 1.33. The Morgan fingerprint density at radius 2 is 2.00 bits per heavy atom. The van der Waals surface area contributed by atoms with Crippen LogP contribution in [-0.2, 0) is 15.9 Å². The number of aromatic nitrogens is 2. The van der Waals surface area contributed by atoms with Gasteiger partial charge in [-0.15, -0.1) is 11.6 Å². The van der Waals surface area contributed by atoms with Crippen LogP contribution in [0.2, 0.25) is 0 Å². The van der Waals surface area contributed by atoms with Crippen molar-refractivity contribution in [3.63, 3.8) is 0 Å². The molecular weight excluding hydrogens is 286 g/mol. The SMILES string of the molecule is Cc1[nH]nc(S(=O)(=O)N2CC3CCCC3C2)c1CCl. The number of hydrogen-bond donors (Lipinski definition) is 1. The summed E-state index contributed by atoms with van der Waals surface area (Å²) in [7, 11) is -3.50. The van der Waals surface area contributed by atoms with Gasteiger partial charge in [-0.1, -0.05) is 6.42 Å². The first kappa shape index (κ1) is 13.4. The van der Waals surface area contributed by atoms with Crippen LogP contribution < -0.4 is 0 Å². The van der Waals surface area contributed by atoms with Crippen molar-refractivity contribution in [2.75, 3.05) is 13.1 Å². The Morgan fingerprint density at radius 1 is 1.37 bits per heavy atom. The number of sulfonamides is 1. The molecule has 7 heteroatoms. The molecule has 0 spiro atoms. The quantitative estimate of drug-likeness (QED) is 0.867. The van der Waals surface area contributed by atoms with Gasteiger partial charge >= 0.3 is 0 Å². The fourth-order valence-corrected chi connectivity index (χ4v) is 5.44. The molecule has 106 valence electrons. The number of aromatic amines is 1. The van der Waals surface area contributed by atoms with Gasteiger partial charge in [0.15, 0.2) is 5.03 Å². The van der Waals surface area contributed by atoms with E-state index in [1.807, 2.05) is 0 Å². The molecule has 2 unspecified atom stereocenters. The van der Waals surface area contributed by atoms with Crippen LogP contribution in [0.3, 0.4) is 0 Å². The second kappa shape index (κ2) is 4.75. The maximum atomic E-state index is 12.6. The third-order valence-electron chi connectivity index (χ3n) is 4.45. The fraction of sp³-hybridized carbons (Fsp3) is 0.750. The molecule has 5 nitrogen and oxygen atoms in total. The van der Waals surface area contributed by atoms with Crippen LogP contribution in [0, 0.1) is 18.8 Å². The molecule has 1 aromatic rings. The van der Waals surface area contributed by atoms with E-state index in [1.54, 1.807) is 11.2 Å². The molecule has 1 N–H and O–H groups in total. The van der Waals surface area contributed by atoms with Crippen LogP contribution in [0.4, 0.5) is 0 Å². The van der Waals surface area contributed by atoms with E-state index >= 15 is 0 Å². The monoisotopic (exact) mass is 303 g/mol. The lowest BCUT2D eigenvalue weighted by Crippen LogP contribution is -2.30. The lowest BCUT2D eigenvalue weighted by molar-refractivity contribution is 0.442. The molecular formula is C12H18ClN3O2S. The van der Waals surface area contributed by atoms with Gasteiger partial charge in [-0.05, 0) is 31.6 Å². The molecule has 0 bridgehead atoms. The Bertz CT molecular complexity index is 572. The molecule has 0 amide bonds. The largest absolute Gasteiger partial charge is 0.281 e. The van der Waals surface area contributed by atoms with E-state index in [9.17, 15) is 8.42 Å². The summed E-state index contributed by atoms with van der Waals surface area (Å²) in [6.45, 7) is 3.07. The molecule has 2 fully saturated rings. The van der Waals surface area contributed by atoms with E-state index in [2.05, 4.69) is 10.2 Å². The van der Waals surface area contributed by atoms with Gasteiger partial charge in [0.25, 0.3) is 10.0 Å². The van der Waals surface area contributed by atoms with E-state index in [4.69, 9.17) is 11.6 Å². The highest BCUT2D eigenvalue weighted by Gasteiger charge is 2.42. The second-order valence-electron chi connectivity index (χ2n) is 5.54. The molecule has 1 saturated heterocycles. The zero-order valence-corrected chi connectivity index (χ0v) is 12.5. The molecule has 0 radical (unpaired) electrons. The number of halogens is 1. The molecule has 2 heterocycles. The van der Waals surface area contributed by atoms with Crippen LogP contribution in [0.1, 0.15) is 30.5 Å². The highest BCUT2D eigenvalue weighted by molar-refractivity contribution is 7.89. The molecule has 1 aliphatic heterocycles. The maximum absolute atomic E-state index is 12.6. The van der Waals surface area contributed by atoms with Crippen LogP contribution in [0.25, 0.3) is 0 Å². The summed E-state index contributed by atoms with van der Waals surface area (Å²) >= 11 is 5.84. The van der Waals surface area contributed by atoms with Gasteiger partial charge in [0.2, 0.25) is 0 Å². The average molecular weight is 304 g/mol. The minimum absolute atomic E-state index is 0.111. The number of aryl methyl sites for hydroxylation is 1. The zero-order valence-electron chi connectivity index (χ0n) is 10.9. The predicted molar refractivity (Wildman–Crippen MR) is 72.5 cm³/mol. The minimum Gasteiger partial charge on any atom is -0.281 e. The lowest BCUT2D eigenvalue weighted by atomic mass is 10.0. The lowest BCUT2D eigenvalue weighted by Gasteiger charge is -2.16. The van der Waals surface area contributed by atoms with Gasteiger partial charge in [-0.25, -0.2) is 8.42 Å². The van der Waals surface area contributed by atoms with Gasteiger partial charge in [0.1, 0.15) is 0 Å². The van der Waals surface area contributed by atoms with Crippen molar-refractivity contribution < 1.29 is 8.42 Å². The van der Waals surface area contributed by atoms with E-state index in [-0.39, 0.29) is 10.9 Å². The topological polar surface area (TPSA) is 66.1 Å². The summed E-state index contributed by atoms with van der Waals surface area (Å²) < 4.78 is 26.9. The molecule has 2 atom stereocenters. The van der Waals surface area contributed by atoms with Crippen molar-refractivity contribution in [3.05, 3.63) is 11.3 Å². The van der Waals surface area contributed by atoms with Crippen molar-refractivity contribution in [2.45, 2.75) is 37.1 Å². The Hall–Kier alpha value is -0.590. The normalized spacial score (nSPS) is 27.9. The first-order valence-electron chi connectivity index (χ1n) is 6.64. The number of fused-ring (bicyclic) bond motifs is 1. The first-order valence-corrected chi connectivity index (χ1v) is 8.61. The van der Waals surface area contributed by atoms with Crippen LogP contribution >= 0.6 is 11.6 Å². The number of nitrogens with one attached hydrogen (secondary N) is 1. The van der Waals surface area contributed by atoms with Crippen LogP contribution in [0.5, 0.6) is 0 Å². The van der Waals surface area contributed by atoms with Crippen molar-refractivity contribution in [2.24, 2.45) is 11.8 Å². The molecule has 1 aliphatic carbocycles. The molecule has 19 heavy (non-hydrogen) atoms. The first-order chi connectivity index (χ1) is 9.04. The Morgan fingerprint density at radius 3 is 2.58 bits per heavy atom. The maximum Gasteiger partial charge on any atom is 0.262 e. The van der Waals surface area contributed by atoms with E-state index in [0.717, 1.165) is 18.5 Å². The summed E-state index contributed by atoms with van der Waals surface area (Å²) in [6, 6.07) is 0. The standard InChI is InChI=1S/C12H18ClN3O2S/c1-8-11(5-13)12(15-14-8)19(17,18)16-6-9-3-2-4-10(9)7-16/h9-10H,2-7H2,1H3,(H,14,15). The Labute approximate surface area is 118 Å². The van der Waals surface area contributed by atoms with Gasteiger partial charge in [0, 0.05) is 24.3 Å². The summed E-state index contributed by atoms with van der Waals surface area (Å²) in [5.74, 6) is 1.24. The average Bonchev–Trinajstić information content (AvgIpc) is 3.00. The number of nitrogens with zero attached hydrogens (tertiary/aromatic N) is 2. The Kier molecular flexibility index (Phi) is 3.35. The van der Waals surface area contributed by atoms with Crippen molar-refractivity contribution in [3.8, 4) is 0 Å². The third-order valence-corrected chi connectivity index (χ3v) is 6.52.